The fourth-order valence-electron chi connectivity index (χ4n) is 2.65. The highest BCUT2D eigenvalue weighted by atomic mass is 16.5. The number of aliphatic hydroxyl groups is 1. The van der Waals surface area contributed by atoms with Crippen LogP contribution in [-0.2, 0) is 0 Å². The van der Waals surface area contributed by atoms with Crippen LogP contribution in [0.15, 0.2) is 22.9 Å². The zero-order valence-electron chi connectivity index (χ0n) is 11.8. The van der Waals surface area contributed by atoms with E-state index in [1.807, 2.05) is 12.1 Å². The maximum atomic E-state index is 9.54. The molecule has 1 aliphatic heterocycles. The number of hydrogen-bond acceptors (Lipinski definition) is 6. The highest BCUT2D eigenvalue weighted by Crippen LogP contribution is 2.39. The topological polar surface area (TPSA) is 75.3 Å². The fraction of sp³-hybridized carbons (Fsp3) is 0.533. The minimum atomic E-state index is -0.166. The van der Waals surface area contributed by atoms with Crippen molar-refractivity contribution in [3.8, 4) is 11.4 Å². The third-order valence-corrected chi connectivity index (χ3v) is 4.16. The van der Waals surface area contributed by atoms with E-state index in [1.165, 1.54) is 0 Å². The molecule has 0 unspecified atom stereocenters. The summed E-state index contributed by atoms with van der Waals surface area (Å²) in [5, 5.41) is 13.6. The van der Waals surface area contributed by atoms with Crippen molar-refractivity contribution in [3.63, 3.8) is 0 Å². The number of nitrogens with zero attached hydrogens (tertiary/aromatic N) is 4. The molecular formula is C15H18N4O2. The molecule has 0 bridgehead atoms. The van der Waals surface area contributed by atoms with Gasteiger partial charge in [-0.25, -0.2) is 4.98 Å². The zero-order valence-corrected chi connectivity index (χ0v) is 11.8. The quantitative estimate of drug-likeness (QED) is 0.929. The summed E-state index contributed by atoms with van der Waals surface area (Å²) in [5.74, 6) is 2.78. The fourth-order valence-corrected chi connectivity index (χ4v) is 2.65. The van der Waals surface area contributed by atoms with E-state index in [0.29, 0.717) is 11.7 Å². The lowest BCUT2D eigenvalue weighted by molar-refractivity contribution is 0.145. The summed E-state index contributed by atoms with van der Waals surface area (Å²) in [6.45, 7) is 1.70. The van der Waals surface area contributed by atoms with Gasteiger partial charge in [-0.05, 0) is 37.8 Å². The second-order valence-electron chi connectivity index (χ2n) is 5.85. The van der Waals surface area contributed by atoms with Gasteiger partial charge in [0.15, 0.2) is 0 Å². The molecule has 0 amide bonds. The van der Waals surface area contributed by atoms with Gasteiger partial charge in [-0.2, -0.15) is 4.98 Å². The van der Waals surface area contributed by atoms with Gasteiger partial charge in [0.05, 0.1) is 6.10 Å². The first kappa shape index (κ1) is 12.8. The van der Waals surface area contributed by atoms with Crippen LogP contribution in [-0.4, -0.2) is 39.4 Å². The van der Waals surface area contributed by atoms with Crippen LogP contribution >= 0.6 is 0 Å². The van der Waals surface area contributed by atoms with Crippen LogP contribution < -0.4 is 4.90 Å². The van der Waals surface area contributed by atoms with Crippen LogP contribution in [0.2, 0.25) is 0 Å². The van der Waals surface area contributed by atoms with Crippen LogP contribution in [0.1, 0.15) is 37.5 Å². The maximum absolute atomic E-state index is 9.54. The summed E-state index contributed by atoms with van der Waals surface area (Å²) < 4.78 is 5.27. The highest BCUT2D eigenvalue weighted by molar-refractivity contribution is 5.56. The third kappa shape index (κ3) is 2.63. The maximum Gasteiger partial charge on any atom is 0.230 e. The van der Waals surface area contributed by atoms with E-state index < -0.39 is 0 Å². The smallest absolute Gasteiger partial charge is 0.230 e. The molecule has 2 aromatic rings. The summed E-state index contributed by atoms with van der Waals surface area (Å²) >= 11 is 0. The van der Waals surface area contributed by atoms with E-state index in [9.17, 15) is 5.11 Å². The SMILES string of the molecule is OC1CCN(c2ccc(-c3noc(C4CC4)n3)cn2)CC1. The zero-order chi connectivity index (χ0) is 14.2. The molecule has 1 saturated carbocycles. The van der Waals surface area contributed by atoms with E-state index in [2.05, 4.69) is 20.0 Å². The van der Waals surface area contributed by atoms with Gasteiger partial charge < -0.3 is 14.5 Å². The second kappa shape index (κ2) is 5.11. The lowest BCUT2D eigenvalue weighted by Gasteiger charge is -2.30. The minimum Gasteiger partial charge on any atom is -0.393 e. The molecule has 0 spiro atoms. The molecule has 2 aromatic heterocycles. The number of aromatic nitrogens is 3. The Kier molecular flexibility index (Phi) is 3.11. The Labute approximate surface area is 122 Å². The predicted octanol–water partition coefficient (Wildman–Crippen LogP) is 1.97. The van der Waals surface area contributed by atoms with Gasteiger partial charge in [-0.3, -0.25) is 0 Å². The van der Waals surface area contributed by atoms with Gasteiger partial charge in [0, 0.05) is 30.8 Å². The van der Waals surface area contributed by atoms with Gasteiger partial charge in [0.25, 0.3) is 0 Å². The van der Waals surface area contributed by atoms with Gasteiger partial charge in [0.1, 0.15) is 5.82 Å². The average molecular weight is 286 g/mol. The first-order valence-corrected chi connectivity index (χ1v) is 7.52. The molecule has 3 heterocycles. The molecule has 1 saturated heterocycles. The molecule has 6 heteroatoms. The summed E-state index contributed by atoms with van der Waals surface area (Å²) in [6, 6.07) is 3.97. The van der Waals surface area contributed by atoms with Crippen LogP contribution in [0.4, 0.5) is 5.82 Å². The monoisotopic (exact) mass is 286 g/mol. The summed E-state index contributed by atoms with van der Waals surface area (Å²) in [5.41, 5.74) is 0.881. The van der Waals surface area contributed by atoms with E-state index >= 15 is 0 Å². The van der Waals surface area contributed by atoms with Crippen LogP contribution in [0.5, 0.6) is 0 Å². The average Bonchev–Trinajstić information content (AvgIpc) is 3.26. The Morgan fingerprint density at radius 2 is 1.95 bits per heavy atom. The predicted molar refractivity (Wildman–Crippen MR) is 77.0 cm³/mol. The van der Waals surface area contributed by atoms with Crippen molar-refractivity contribution in [1.82, 2.24) is 15.1 Å². The molecule has 2 fully saturated rings. The second-order valence-corrected chi connectivity index (χ2v) is 5.85. The van der Waals surface area contributed by atoms with Crippen LogP contribution in [0.3, 0.4) is 0 Å². The normalized spacial score (nSPS) is 20.0. The Hall–Kier alpha value is -1.95. The van der Waals surface area contributed by atoms with Crippen molar-refractivity contribution < 1.29 is 9.63 Å². The van der Waals surface area contributed by atoms with E-state index in [4.69, 9.17) is 4.52 Å². The number of hydrogen-bond donors (Lipinski definition) is 1. The van der Waals surface area contributed by atoms with Gasteiger partial charge in [-0.1, -0.05) is 5.16 Å². The van der Waals surface area contributed by atoms with Gasteiger partial charge >= 0.3 is 0 Å². The third-order valence-electron chi connectivity index (χ3n) is 4.16. The number of pyridine rings is 1. The van der Waals surface area contributed by atoms with Crippen molar-refractivity contribution in [1.29, 1.82) is 0 Å². The van der Waals surface area contributed by atoms with E-state index in [1.54, 1.807) is 6.20 Å². The van der Waals surface area contributed by atoms with Gasteiger partial charge in [0.2, 0.25) is 11.7 Å². The van der Waals surface area contributed by atoms with Crippen molar-refractivity contribution in [2.45, 2.75) is 37.7 Å². The number of piperidine rings is 1. The first-order valence-electron chi connectivity index (χ1n) is 7.52. The molecule has 1 N–H and O–H groups in total. The number of aliphatic hydroxyl groups excluding tert-OH is 1. The molecular weight excluding hydrogens is 268 g/mol. The Morgan fingerprint density at radius 1 is 1.14 bits per heavy atom. The molecule has 110 valence electrons. The Bertz CT molecular complexity index is 613. The molecule has 2 aliphatic rings. The van der Waals surface area contributed by atoms with Crippen molar-refractivity contribution >= 4 is 5.82 Å². The lowest BCUT2D eigenvalue weighted by atomic mass is 10.1. The summed E-state index contributed by atoms with van der Waals surface area (Å²) in [4.78, 5) is 11.1. The largest absolute Gasteiger partial charge is 0.393 e. The minimum absolute atomic E-state index is 0.166. The first-order chi connectivity index (χ1) is 10.3. The standard InChI is InChI=1S/C15H18N4O2/c20-12-5-7-19(8-6-12)13-4-3-11(9-16-13)14-17-15(21-18-14)10-1-2-10/h3-4,9-10,12,20H,1-2,5-8H2. The summed E-state index contributed by atoms with van der Waals surface area (Å²) in [7, 11) is 0. The van der Waals surface area contributed by atoms with Gasteiger partial charge in [-0.15, -0.1) is 0 Å². The van der Waals surface area contributed by atoms with Crippen molar-refractivity contribution in [2.75, 3.05) is 18.0 Å². The highest BCUT2D eigenvalue weighted by Gasteiger charge is 2.29. The van der Waals surface area contributed by atoms with E-state index in [-0.39, 0.29) is 6.10 Å². The van der Waals surface area contributed by atoms with Crippen molar-refractivity contribution in [3.05, 3.63) is 24.2 Å². The van der Waals surface area contributed by atoms with E-state index in [0.717, 1.165) is 56.0 Å². The Balaban J connectivity index is 1.49. The molecule has 0 aromatic carbocycles. The molecule has 4 rings (SSSR count). The lowest BCUT2D eigenvalue weighted by Crippen LogP contribution is -2.36. The molecule has 0 atom stereocenters. The van der Waals surface area contributed by atoms with Crippen LogP contribution in [0, 0.1) is 0 Å². The van der Waals surface area contributed by atoms with Crippen molar-refractivity contribution in [2.24, 2.45) is 0 Å². The summed E-state index contributed by atoms with van der Waals surface area (Å²) in [6.07, 6.45) is 5.54. The number of rotatable bonds is 3. The number of anilines is 1. The van der Waals surface area contributed by atoms with Crippen LogP contribution in [0.25, 0.3) is 11.4 Å². The molecule has 0 radical (unpaired) electrons. The molecule has 1 aliphatic carbocycles. The molecule has 21 heavy (non-hydrogen) atoms. The Morgan fingerprint density at radius 3 is 2.62 bits per heavy atom. The molecule has 6 nitrogen and oxygen atoms in total.